The molecule has 10 nitrogen and oxygen atoms in total. The van der Waals surface area contributed by atoms with Gasteiger partial charge in [-0.1, -0.05) is 0 Å². The Morgan fingerprint density at radius 3 is 2.57 bits per heavy atom. The molecule has 0 spiro atoms. The molecule has 1 N–H and O–H groups in total. The third kappa shape index (κ3) is 7.25. The van der Waals surface area contributed by atoms with Crippen molar-refractivity contribution in [1.29, 1.82) is 0 Å². The molecule has 1 aromatic heterocycles. The van der Waals surface area contributed by atoms with Gasteiger partial charge in [0.2, 0.25) is 11.8 Å². The van der Waals surface area contributed by atoms with E-state index in [9.17, 15) is 14.0 Å². The van der Waals surface area contributed by atoms with Crippen LogP contribution in [0.25, 0.3) is 0 Å². The van der Waals surface area contributed by atoms with E-state index < -0.39 is 11.7 Å². The van der Waals surface area contributed by atoms with Crippen molar-refractivity contribution >= 4 is 12.0 Å². The number of halogens is 1. The first kappa shape index (κ1) is 26.1. The molecular weight excluding hydrogens is 459 g/mol. The number of aromatic nitrogens is 2. The summed E-state index contributed by atoms with van der Waals surface area (Å²) in [7, 11) is 1.53. The Morgan fingerprint density at radius 2 is 1.91 bits per heavy atom. The van der Waals surface area contributed by atoms with Crippen LogP contribution in [0.5, 0.6) is 17.5 Å². The molecule has 0 atom stereocenters. The third-order valence-electron chi connectivity index (χ3n) is 5.30. The van der Waals surface area contributed by atoms with E-state index in [-0.39, 0.29) is 35.5 Å². The van der Waals surface area contributed by atoms with Crippen molar-refractivity contribution in [2.75, 3.05) is 33.4 Å². The van der Waals surface area contributed by atoms with Crippen LogP contribution in [0.15, 0.2) is 24.5 Å². The maximum Gasteiger partial charge on any atom is 0.410 e. The maximum atomic E-state index is 14.6. The van der Waals surface area contributed by atoms with E-state index in [1.807, 2.05) is 13.8 Å². The molecule has 0 unspecified atom stereocenters. The summed E-state index contributed by atoms with van der Waals surface area (Å²) in [5.74, 6) is -0.726. The number of benzene rings is 1. The fourth-order valence-corrected chi connectivity index (χ4v) is 3.43. The Hall–Kier alpha value is -3.47. The summed E-state index contributed by atoms with van der Waals surface area (Å²) >= 11 is 0. The Labute approximate surface area is 203 Å². The molecule has 0 saturated carbocycles. The summed E-state index contributed by atoms with van der Waals surface area (Å²) in [4.78, 5) is 34.1. The minimum Gasteiger partial charge on any atom is -0.474 e. The molecule has 1 aliphatic heterocycles. The van der Waals surface area contributed by atoms with E-state index in [1.54, 1.807) is 11.8 Å². The van der Waals surface area contributed by atoms with Crippen molar-refractivity contribution in [2.24, 2.45) is 0 Å². The minimum atomic E-state index is -0.703. The number of nitrogens with zero attached hydrogens (tertiary/aromatic N) is 3. The number of ether oxygens (including phenoxy) is 4. The lowest BCUT2D eigenvalue weighted by atomic mass is 10.1. The first-order chi connectivity index (χ1) is 16.8. The van der Waals surface area contributed by atoms with Gasteiger partial charge in [-0.15, -0.1) is 0 Å². The zero-order valence-electron chi connectivity index (χ0n) is 20.4. The Balaban J connectivity index is 1.61. The second kappa shape index (κ2) is 12.3. The summed E-state index contributed by atoms with van der Waals surface area (Å²) < 4.78 is 36.4. The fraction of sp³-hybridized carbons (Fsp3) is 0.500. The highest BCUT2D eigenvalue weighted by molar-refractivity contribution is 5.94. The predicted molar refractivity (Wildman–Crippen MR) is 124 cm³/mol. The zero-order valence-corrected chi connectivity index (χ0v) is 20.4. The van der Waals surface area contributed by atoms with Gasteiger partial charge in [0.05, 0.1) is 18.3 Å². The molecule has 190 valence electrons. The van der Waals surface area contributed by atoms with Crippen molar-refractivity contribution in [3.8, 4) is 17.5 Å². The van der Waals surface area contributed by atoms with E-state index in [0.717, 1.165) is 6.07 Å². The van der Waals surface area contributed by atoms with Crippen LogP contribution in [0.3, 0.4) is 0 Å². The SMILES string of the molecule is COCCNC(=O)c1ccc(Oc2ncnc(OC3CCN(C(=O)OC(C)C)CC3)c2C)c(F)c1. The van der Waals surface area contributed by atoms with Crippen molar-refractivity contribution in [2.45, 2.75) is 45.8 Å². The van der Waals surface area contributed by atoms with Crippen molar-refractivity contribution < 1.29 is 32.9 Å². The van der Waals surface area contributed by atoms with Crippen LogP contribution in [-0.2, 0) is 9.47 Å². The number of carbonyl (C=O) groups excluding carboxylic acids is 2. The van der Waals surface area contributed by atoms with Gasteiger partial charge in [-0.05, 0) is 39.0 Å². The van der Waals surface area contributed by atoms with Gasteiger partial charge in [0.15, 0.2) is 11.6 Å². The van der Waals surface area contributed by atoms with Crippen LogP contribution < -0.4 is 14.8 Å². The molecule has 3 rings (SSSR count). The number of rotatable bonds is 9. The largest absolute Gasteiger partial charge is 0.474 e. The normalized spacial score (nSPS) is 14.1. The molecule has 35 heavy (non-hydrogen) atoms. The quantitative estimate of drug-likeness (QED) is 0.532. The van der Waals surface area contributed by atoms with Gasteiger partial charge in [-0.3, -0.25) is 4.79 Å². The number of likely N-dealkylation sites (tertiary alicyclic amines) is 1. The van der Waals surface area contributed by atoms with E-state index in [4.69, 9.17) is 18.9 Å². The van der Waals surface area contributed by atoms with Crippen molar-refractivity contribution in [3.63, 3.8) is 0 Å². The minimum absolute atomic E-state index is 0.0804. The molecule has 1 fully saturated rings. The maximum absolute atomic E-state index is 14.6. The molecule has 2 aromatic rings. The van der Waals surface area contributed by atoms with Gasteiger partial charge in [-0.2, -0.15) is 0 Å². The average Bonchev–Trinajstić information content (AvgIpc) is 2.83. The molecule has 2 heterocycles. The summed E-state index contributed by atoms with van der Waals surface area (Å²) in [6.45, 7) is 7.05. The van der Waals surface area contributed by atoms with E-state index >= 15 is 0 Å². The average molecular weight is 491 g/mol. The fourth-order valence-electron chi connectivity index (χ4n) is 3.43. The molecule has 2 amide bonds. The number of hydrogen-bond donors (Lipinski definition) is 1. The van der Waals surface area contributed by atoms with E-state index in [1.165, 1.54) is 25.6 Å². The number of amides is 2. The Bertz CT molecular complexity index is 1030. The first-order valence-corrected chi connectivity index (χ1v) is 11.5. The number of carbonyl (C=O) groups is 2. The molecule has 1 saturated heterocycles. The standard InChI is InChI=1S/C24H31FN4O6/c1-15(2)33-24(31)29-10-7-18(8-11-29)34-22-16(3)23(28-14-27-22)35-20-6-5-17(13-19(20)25)21(30)26-9-12-32-4/h5-6,13-15,18H,7-12H2,1-4H3,(H,26,30). The van der Waals surface area contributed by atoms with Crippen LogP contribution in [-0.4, -0.2) is 72.4 Å². The highest BCUT2D eigenvalue weighted by atomic mass is 19.1. The predicted octanol–water partition coefficient (Wildman–Crippen LogP) is 3.48. The van der Waals surface area contributed by atoms with E-state index in [2.05, 4.69) is 15.3 Å². The van der Waals surface area contributed by atoms with Gasteiger partial charge < -0.3 is 29.2 Å². The second-order valence-electron chi connectivity index (χ2n) is 8.34. The van der Waals surface area contributed by atoms with Crippen LogP contribution in [0.1, 0.15) is 42.6 Å². The molecule has 11 heteroatoms. The highest BCUT2D eigenvalue weighted by Gasteiger charge is 2.26. The zero-order chi connectivity index (χ0) is 25.4. The lowest BCUT2D eigenvalue weighted by Crippen LogP contribution is -2.42. The molecular formula is C24H31FN4O6. The monoisotopic (exact) mass is 490 g/mol. The number of methoxy groups -OCH3 is 1. The summed E-state index contributed by atoms with van der Waals surface area (Å²) in [5.41, 5.74) is 0.674. The van der Waals surface area contributed by atoms with Crippen molar-refractivity contribution in [3.05, 3.63) is 41.5 Å². The Kier molecular flexibility index (Phi) is 9.18. The highest BCUT2D eigenvalue weighted by Crippen LogP contribution is 2.30. The Morgan fingerprint density at radius 1 is 1.20 bits per heavy atom. The van der Waals surface area contributed by atoms with Crippen LogP contribution >= 0.6 is 0 Å². The van der Waals surface area contributed by atoms with Gasteiger partial charge in [0.25, 0.3) is 5.91 Å². The van der Waals surface area contributed by atoms with Gasteiger partial charge in [-0.25, -0.2) is 19.2 Å². The smallest absolute Gasteiger partial charge is 0.410 e. The molecule has 0 bridgehead atoms. The summed E-state index contributed by atoms with van der Waals surface area (Å²) in [6, 6.07) is 3.94. The van der Waals surface area contributed by atoms with E-state index in [0.29, 0.717) is 50.5 Å². The molecule has 0 aliphatic carbocycles. The number of piperidine rings is 1. The number of nitrogens with one attached hydrogen (secondary N) is 1. The van der Waals surface area contributed by atoms with Gasteiger partial charge in [0, 0.05) is 45.1 Å². The molecule has 1 aliphatic rings. The van der Waals surface area contributed by atoms with Gasteiger partial charge in [0.1, 0.15) is 12.4 Å². The van der Waals surface area contributed by atoms with Crippen molar-refractivity contribution in [1.82, 2.24) is 20.2 Å². The summed E-state index contributed by atoms with van der Waals surface area (Å²) in [5, 5.41) is 2.63. The van der Waals surface area contributed by atoms with Crippen LogP contribution in [0, 0.1) is 12.7 Å². The lowest BCUT2D eigenvalue weighted by Gasteiger charge is -2.31. The lowest BCUT2D eigenvalue weighted by molar-refractivity contribution is 0.0504. The van der Waals surface area contributed by atoms with Crippen LogP contribution in [0.4, 0.5) is 9.18 Å². The summed E-state index contributed by atoms with van der Waals surface area (Å²) in [6.07, 6.45) is 1.88. The third-order valence-corrected chi connectivity index (χ3v) is 5.30. The molecule has 1 aromatic carbocycles. The van der Waals surface area contributed by atoms with Crippen LogP contribution in [0.2, 0.25) is 0 Å². The number of hydrogen-bond acceptors (Lipinski definition) is 8. The topological polar surface area (TPSA) is 112 Å². The second-order valence-corrected chi connectivity index (χ2v) is 8.34. The van der Waals surface area contributed by atoms with Gasteiger partial charge >= 0.3 is 6.09 Å². The molecule has 0 radical (unpaired) electrons. The first-order valence-electron chi connectivity index (χ1n) is 11.5.